The van der Waals surface area contributed by atoms with Gasteiger partial charge in [-0.2, -0.15) is 0 Å². The molecular formula is C13H16N2O3. The second kappa shape index (κ2) is 4.68. The Morgan fingerprint density at radius 1 is 1.39 bits per heavy atom. The van der Waals surface area contributed by atoms with Crippen LogP contribution in [-0.2, 0) is 4.79 Å². The van der Waals surface area contributed by atoms with Crippen LogP contribution in [0.25, 0.3) is 0 Å². The number of carbonyl (C=O) groups is 2. The zero-order chi connectivity index (χ0) is 13.3. The lowest BCUT2D eigenvalue weighted by molar-refractivity contribution is -0.137. The lowest BCUT2D eigenvalue weighted by atomic mass is 10.1. The number of rotatable bonds is 3. The number of aryl methyl sites for hydroxylation is 1. The highest BCUT2D eigenvalue weighted by molar-refractivity contribution is 5.95. The quantitative estimate of drug-likeness (QED) is 0.885. The number of likely N-dealkylation sites (N-methyl/N-ethyl adjacent to an activating group) is 1. The van der Waals surface area contributed by atoms with Crippen LogP contribution in [0.5, 0.6) is 0 Å². The first-order chi connectivity index (χ1) is 8.49. The van der Waals surface area contributed by atoms with Crippen molar-refractivity contribution in [3.8, 4) is 0 Å². The van der Waals surface area contributed by atoms with Crippen molar-refractivity contribution in [3.05, 3.63) is 29.8 Å². The monoisotopic (exact) mass is 248 g/mol. The fourth-order valence-corrected chi connectivity index (χ4v) is 2.20. The lowest BCUT2D eigenvalue weighted by Gasteiger charge is -2.22. The van der Waals surface area contributed by atoms with Gasteiger partial charge in [0.05, 0.1) is 12.5 Å². The standard InChI is InChI=1S/C13H16N2O3/c1-9-3-5-10(6-4-9)15-11(7-12(16)17)8-14(2)13(15)18/h3-6,11H,7-8H2,1-2H3,(H,16,17). The Kier molecular flexibility index (Phi) is 3.23. The second-order valence-electron chi connectivity index (χ2n) is 4.62. The van der Waals surface area contributed by atoms with Gasteiger partial charge in [-0.25, -0.2) is 4.79 Å². The molecule has 1 aromatic rings. The van der Waals surface area contributed by atoms with Crippen molar-refractivity contribution < 1.29 is 14.7 Å². The molecule has 1 heterocycles. The molecule has 0 spiro atoms. The molecule has 0 saturated carbocycles. The molecule has 1 unspecified atom stereocenters. The van der Waals surface area contributed by atoms with Gasteiger partial charge < -0.3 is 10.0 Å². The van der Waals surface area contributed by atoms with Gasteiger partial charge in [0, 0.05) is 19.3 Å². The third-order valence-corrected chi connectivity index (χ3v) is 3.10. The van der Waals surface area contributed by atoms with Gasteiger partial charge in [0.15, 0.2) is 0 Å². The molecule has 1 aromatic carbocycles. The summed E-state index contributed by atoms with van der Waals surface area (Å²) in [4.78, 5) is 26.0. The highest BCUT2D eigenvalue weighted by Crippen LogP contribution is 2.25. The van der Waals surface area contributed by atoms with E-state index >= 15 is 0 Å². The largest absolute Gasteiger partial charge is 0.481 e. The summed E-state index contributed by atoms with van der Waals surface area (Å²) in [6.07, 6.45) is -0.0377. The molecule has 5 nitrogen and oxygen atoms in total. The zero-order valence-corrected chi connectivity index (χ0v) is 10.5. The van der Waals surface area contributed by atoms with Gasteiger partial charge in [-0.05, 0) is 19.1 Å². The first-order valence-corrected chi connectivity index (χ1v) is 5.82. The molecule has 5 heteroatoms. The number of benzene rings is 1. The van der Waals surface area contributed by atoms with Gasteiger partial charge in [0.2, 0.25) is 0 Å². The molecule has 2 amide bonds. The molecule has 1 atom stereocenters. The molecule has 0 aliphatic carbocycles. The molecule has 1 fully saturated rings. The molecule has 18 heavy (non-hydrogen) atoms. The highest BCUT2D eigenvalue weighted by atomic mass is 16.4. The number of carboxylic acids is 1. The zero-order valence-electron chi connectivity index (χ0n) is 10.5. The van der Waals surface area contributed by atoms with E-state index in [-0.39, 0.29) is 18.5 Å². The summed E-state index contributed by atoms with van der Waals surface area (Å²) in [5, 5.41) is 8.90. The predicted molar refractivity (Wildman–Crippen MR) is 67.7 cm³/mol. The van der Waals surface area contributed by atoms with Crippen molar-refractivity contribution in [1.29, 1.82) is 0 Å². The van der Waals surface area contributed by atoms with Crippen LogP contribution >= 0.6 is 0 Å². The summed E-state index contributed by atoms with van der Waals surface area (Å²) >= 11 is 0. The summed E-state index contributed by atoms with van der Waals surface area (Å²) in [7, 11) is 1.69. The maximum Gasteiger partial charge on any atom is 0.324 e. The van der Waals surface area contributed by atoms with Crippen molar-refractivity contribution in [3.63, 3.8) is 0 Å². The lowest BCUT2D eigenvalue weighted by Crippen LogP contribution is -2.35. The molecule has 96 valence electrons. The van der Waals surface area contributed by atoms with E-state index in [0.29, 0.717) is 6.54 Å². The number of amides is 2. The van der Waals surface area contributed by atoms with Crippen LogP contribution in [0.4, 0.5) is 10.5 Å². The third-order valence-electron chi connectivity index (χ3n) is 3.10. The number of urea groups is 1. The average Bonchev–Trinajstić information content (AvgIpc) is 2.55. The molecule has 0 radical (unpaired) electrons. The molecule has 0 bridgehead atoms. The first-order valence-electron chi connectivity index (χ1n) is 5.82. The van der Waals surface area contributed by atoms with Crippen molar-refractivity contribution >= 4 is 17.7 Å². The van der Waals surface area contributed by atoms with E-state index in [0.717, 1.165) is 11.3 Å². The summed E-state index contributed by atoms with van der Waals surface area (Å²) < 4.78 is 0. The Balaban J connectivity index is 2.29. The minimum absolute atomic E-state index is 0.0377. The van der Waals surface area contributed by atoms with E-state index in [1.807, 2.05) is 31.2 Å². The summed E-state index contributed by atoms with van der Waals surface area (Å²) in [5.74, 6) is -0.889. The minimum Gasteiger partial charge on any atom is -0.481 e. The van der Waals surface area contributed by atoms with E-state index < -0.39 is 5.97 Å². The predicted octanol–water partition coefficient (Wildman–Crippen LogP) is 1.71. The number of carbonyl (C=O) groups excluding carboxylic acids is 1. The van der Waals surface area contributed by atoms with Crippen LogP contribution in [0.2, 0.25) is 0 Å². The Labute approximate surface area is 106 Å². The maximum atomic E-state index is 12.0. The summed E-state index contributed by atoms with van der Waals surface area (Å²) in [5.41, 5.74) is 1.86. The van der Waals surface area contributed by atoms with E-state index in [9.17, 15) is 9.59 Å². The Morgan fingerprint density at radius 2 is 2.00 bits per heavy atom. The van der Waals surface area contributed by atoms with Gasteiger partial charge in [-0.15, -0.1) is 0 Å². The Morgan fingerprint density at radius 3 is 2.56 bits per heavy atom. The number of hydrogen-bond donors (Lipinski definition) is 1. The van der Waals surface area contributed by atoms with Gasteiger partial charge in [-0.3, -0.25) is 9.69 Å². The van der Waals surface area contributed by atoms with Crippen LogP contribution in [0.15, 0.2) is 24.3 Å². The Bertz CT molecular complexity index is 470. The van der Waals surface area contributed by atoms with Crippen LogP contribution in [-0.4, -0.2) is 41.6 Å². The van der Waals surface area contributed by atoms with Crippen LogP contribution in [0, 0.1) is 6.92 Å². The van der Waals surface area contributed by atoms with E-state index in [2.05, 4.69) is 0 Å². The first kappa shape index (κ1) is 12.4. The number of hydrogen-bond acceptors (Lipinski definition) is 2. The number of anilines is 1. The van der Waals surface area contributed by atoms with Crippen molar-refractivity contribution in [2.45, 2.75) is 19.4 Å². The van der Waals surface area contributed by atoms with Gasteiger partial charge in [-0.1, -0.05) is 17.7 Å². The summed E-state index contributed by atoms with van der Waals surface area (Å²) in [6.45, 7) is 2.41. The smallest absolute Gasteiger partial charge is 0.324 e. The van der Waals surface area contributed by atoms with E-state index in [4.69, 9.17) is 5.11 Å². The number of aliphatic carboxylic acids is 1. The van der Waals surface area contributed by atoms with Crippen molar-refractivity contribution in [1.82, 2.24) is 4.90 Å². The van der Waals surface area contributed by atoms with Crippen LogP contribution in [0.1, 0.15) is 12.0 Å². The summed E-state index contributed by atoms with van der Waals surface area (Å²) in [6, 6.07) is 7.08. The average molecular weight is 248 g/mol. The molecule has 0 aromatic heterocycles. The molecule has 1 saturated heterocycles. The van der Waals surface area contributed by atoms with Gasteiger partial charge >= 0.3 is 12.0 Å². The molecule has 2 rings (SSSR count). The molecule has 1 aliphatic rings. The van der Waals surface area contributed by atoms with Crippen molar-refractivity contribution in [2.24, 2.45) is 0 Å². The van der Waals surface area contributed by atoms with Crippen LogP contribution < -0.4 is 4.90 Å². The van der Waals surface area contributed by atoms with Gasteiger partial charge in [0.1, 0.15) is 0 Å². The minimum atomic E-state index is -0.889. The van der Waals surface area contributed by atoms with Crippen LogP contribution in [0.3, 0.4) is 0 Å². The third kappa shape index (κ3) is 2.30. The topological polar surface area (TPSA) is 60.9 Å². The Hall–Kier alpha value is -2.04. The second-order valence-corrected chi connectivity index (χ2v) is 4.62. The van der Waals surface area contributed by atoms with Gasteiger partial charge in [0.25, 0.3) is 0 Å². The fourth-order valence-electron chi connectivity index (χ4n) is 2.20. The normalized spacial score (nSPS) is 19.4. The fraction of sp³-hybridized carbons (Fsp3) is 0.385. The molecule has 1 aliphatic heterocycles. The number of nitrogens with zero attached hydrogens (tertiary/aromatic N) is 2. The maximum absolute atomic E-state index is 12.0. The SMILES string of the molecule is Cc1ccc(N2C(=O)N(C)CC2CC(=O)O)cc1. The van der Waals surface area contributed by atoms with E-state index in [1.165, 1.54) is 0 Å². The van der Waals surface area contributed by atoms with Crippen molar-refractivity contribution in [2.75, 3.05) is 18.5 Å². The highest BCUT2D eigenvalue weighted by Gasteiger charge is 2.37. The van der Waals surface area contributed by atoms with E-state index in [1.54, 1.807) is 16.8 Å². The number of carboxylic acid groups (broad SMARTS) is 1. The molecule has 1 N–H and O–H groups in total. The molecular weight excluding hydrogens is 232 g/mol.